The Bertz CT molecular complexity index is 1420. The molecule has 0 aliphatic rings. The number of carbonyl (C=O) groups excluding carboxylic acids is 1. The number of tetrazole rings is 1. The highest BCUT2D eigenvalue weighted by Gasteiger charge is 2.22. The summed E-state index contributed by atoms with van der Waals surface area (Å²) in [6, 6.07) is 17.8. The lowest BCUT2D eigenvalue weighted by Gasteiger charge is -2.20. The molecule has 10 nitrogen and oxygen atoms in total. The molecule has 0 bridgehead atoms. The van der Waals surface area contributed by atoms with E-state index in [0.29, 0.717) is 17.1 Å². The van der Waals surface area contributed by atoms with Crippen molar-refractivity contribution in [1.82, 2.24) is 20.2 Å². The van der Waals surface area contributed by atoms with Crippen LogP contribution < -0.4 is 14.4 Å². The number of anilines is 2. The van der Waals surface area contributed by atoms with Gasteiger partial charge in [-0.2, -0.15) is 0 Å². The molecule has 0 spiro atoms. The number of benzene rings is 3. The Morgan fingerprint density at radius 2 is 1.82 bits per heavy atom. The number of sulfonamides is 1. The van der Waals surface area contributed by atoms with Gasteiger partial charge in [-0.1, -0.05) is 6.07 Å². The molecule has 4 rings (SSSR count). The van der Waals surface area contributed by atoms with E-state index in [2.05, 4.69) is 20.8 Å². The molecule has 0 saturated carbocycles. The van der Waals surface area contributed by atoms with Gasteiger partial charge in [-0.3, -0.25) is 9.10 Å². The van der Waals surface area contributed by atoms with Crippen molar-refractivity contribution in [3.8, 4) is 11.4 Å². The van der Waals surface area contributed by atoms with Crippen molar-refractivity contribution in [1.29, 1.82) is 0 Å². The van der Waals surface area contributed by atoms with Crippen LogP contribution in [-0.2, 0) is 10.0 Å². The van der Waals surface area contributed by atoms with Crippen molar-refractivity contribution in [2.75, 3.05) is 23.8 Å². The zero-order chi connectivity index (χ0) is 24.3. The van der Waals surface area contributed by atoms with E-state index in [-0.39, 0.29) is 10.5 Å². The summed E-state index contributed by atoms with van der Waals surface area (Å²) >= 11 is 0. The Hall–Kier alpha value is -4.25. The fourth-order valence-electron chi connectivity index (χ4n) is 3.35. The molecule has 1 aromatic heterocycles. The lowest BCUT2D eigenvalue weighted by molar-refractivity contribution is 0.102. The van der Waals surface area contributed by atoms with Gasteiger partial charge in [0.15, 0.2) is 0 Å². The number of aryl methyl sites for hydroxylation is 1. The predicted molar refractivity (Wildman–Crippen MR) is 127 cm³/mol. The number of nitrogens with zero attached hydrogens (tertiary/aromatic N) is 5. The summed E-state index contributed by atoms with van der Waals surface area (Å²) in [6.45, 7) is 1.87. The second-order valence-electron chi connectivity index (χ2n) is 7.41. The zero-order valence-corrected chi connectivity index (χ0v) is 19.5. The smallest absolute Gasteiger partial charge is 0.264 e. The third-order valence-electron chi connectivity index (χ3n) is 5.24. The number of carbonyl (C=O) groups is 1. The van der Waals surface area contributed by atoms with E-state index in [4.69, 9.17) is 4.74 Å². The van der Waals surface area contributed by atoms with Crippen LogP contribution in [0, 0.1) is 6.92 Å². The van der Waals surface area contributed by atoms with Crippen molar-refractivity contribution >= 4 is 27.3 Å². The third kappa shape index (κ3) is 4.59. The quantitative estimate of drug-likeness (QED) is 0.433. The van der Waals surface area contributed by atoms with Gasteiger partial charge in [-0.05, 0) is 83.6 Å². The molecule has 0 atom stereocenters. The molecule has 0 aliphatic carbocycles. The molecule has 174 valence electrons. The molecule has 0 fully saturated rings. The predicted octanol–water partition coefficient (Wildman–Crippen LogP) is 3.06. The minimum Gasteiger partial charge on any atom is -0.497 e. The second-order valence-corrected chi connectivity index (χ2v) is 9.38. The van der Waals surface area contributed by atoms with Gasteiger partial charge in [0.2, 0.25) is 0 Å². The van der Waals surface area contributed by atoms with Crippen LogP contribution in [0.5, 0.6) is 5.75 Å². The van der Waals surface area contributed by atoms with E-state index in [1.165, 1.54) is 43.4 Å². The summed E-state index contributed by atoms with van der Waals surface area (Å²) in [5.41, 5.74) is 2.86. The maximum atomic E-state index is 13.2. The molecule has 0 unspecified atom stereocenters. The number of aromatic nitrogens is 4. The molecule has 0 aliphatic heterocycles. The standard InChI is InChI=1S/C23H22N6O4S/c1-16-13-18(7-12-22(16)29-15-24-26-27-29)25-23(30)17-5-4-6-21(14-17)34(31,32)28(2)19-8-10-20(33-3)11-9-19/h4-15H,1-3H3,(H,25,30). The van der Waals surface area contributed by atoms with Crippen LogP contribution in [0.3, 0.4) is 0 Å². The van der Waals surface area contributed by atoms with E-state index in [0.717, 1.165) is 15.6 Å². The van der Waals surface area contributed by atoms with Crippen molar-refractivity contribution in [3.63, 3.8) is 0 Å². The largest absolute Gasteiger partial charge is 0.497 e. The summed E-state index contributed by atoms with van der Waals surface area (Å²) in [5, 5.41) is 13.9. The number of hydrogen-bond donors (Lipinski definition) is 1. The van der Waals surface area contributed by atoms with Crippen LogP contribution in [0.25, 0.3) is 5.69 Å². The van der Waals surface area contributed by atoms with Gasteiger partial charge in [0.1, 0.15) is 12.1 Å². The second kappa shape index (κ2) is 9.32. The van der Waals surface area contributed by atoms with Gasteiger partial charge in [0.25, 0.3) is 15.9 Å². The Kier molecular flexibility index (Phi) is 6.28. The van der Waals surface area contributed by atoms with E-state index in [1.54, 1.807) is 48.5 Å². The highest BCUT2D eigenvalue weighted by atomic mass is 32.2. The minimum absolute atomic E-state index is 0.00341. The minimum atomic E-state index is -3.89. The molecule has 3 aromatic carbocycles. The SMILES string of the molecule is COc1ccc(N(C)S(=O)(=O)c2cccc(C(=O)Nc3ccc(-n4cnnn4)c(C)c3)c2)cc1. The fraction of sp³-hybridized carbons (Fsp3) is 0.130. The third-order valence-corrected chi connectivity index (χ3v) is 7.02. The van der Waals surface area contributed by atoms with Crippen LogP contribution in [0.15, 0.2) is 78.0 Å². The topological polar surface area (TPSA) is 119 Å². The number of amides is 1. The first-order valence-corrected chi connectivity index (χ1v) is 11.6. The van der Waals surface area contributed by atoms with Gasteiger partial charge in [-0.15, -0.1) is 5.10 Å². The van der Waals surface area contributed by atoms with Gasteiger partial charge in [0.05, 0.1) is 23.4 Å². The van der Waals surface area contributed by atoms with Gasteiger partial charge >= 0.3 is 0 Å². The Balaban J connectivity index is 1.54. The molecule has 34 heavy (non-hydrogen) atoms. The summed E-state index contributed by atoms with van der Waals surface area (Å²) in [5.74, 6) is 0.188. The first kappa shape index (κ1) is 22.9. The van der Waals surface area contributed by atoms with Gasteiger partial charge < -0.3 is 10.1 Å². The first-order chi connectivity index (χ1) is 16.3. The summed E-state index contributed by atoms with van der Waals surface area (Å²) in [6.07, 6.45) is 1.48. The fourth-order valence-corrected chi connectivity index (χ4v) is 4.59. The average Bonchev–Trinajstić information content (AvgIpc) is 3.38. The van der Waals surface area contributed by atoms with Crippen LogP contribution in [0.2, 0.25) is 0 Å². The molecular formula is C23H22N6O4S. The van der Waals surface area contributed by atoms with Crippen molar-refractivity contribution in [3.05, 3.63) is 84.2 Å². The first-order valence-electron chi connectivity index (χ1n) is 10.2. The van der Waals surface area contributed by atoms with Crippen LogP contribution in [-0.4, -0.2) is 48.7 Å². The number of hydrogen-bond acceptors (Lipinski definition) is 7. The molecule has 4 aromatic rings. The van der Waals surface area contributed by atoms with Gasteiger partial charge in [0, 0.05) is 18.3 Å². The summed E-state index contributed by atoms with van der Waals surface area (Å²) < 4.78 is 34.1. The molecule has 1 heterocycles. The van der Waals surface area contributed by atoms with Crippen molar-refractivity contribution < 1.29 is 17.9 Å². The summed E-state index contributed by atoms with van der Waals surface area (Å²) in [7, 11) is -0.892. The molecule has 11 heteroatoms. The average molecular weight is 479 g/mol. The van der Waals surface area contributed by atoms with Crippen molar-refractivity contribution in [2.45, 2.75) is 11.8 Å². The number of ether oxygens (including phenoxy) is 1. The van der Waals surface area contributed by atoms with E-state index < -0.39 is 15.9 Å². The van der Waals surface area contributed by atoms with Crippen LogP contribution in [0.1, 0.15) is 15.9 Å². The van der Waals surface area contributed by atoms with Crippen molar-refractivity contribution in [2.24, 2.45) is 0 Å². The number of rotatable bonds is 7. The molecule has 0 saturated heterocycles. The normalized spacial score (nSPS) is 11.1. The Labute approximate surface area is 196 Å². The highest BCUT2D eigenvalue weighted by molar-refractivity contribution is 7.92. The van der Waals surface area contributed by atoms with Crippen LogP contribution >= 0.6 is 0 Å². The Morgan fingerprint density at radius 1 is 1.06 bits per heavy atom. The zero-order valence-electron chi connectivity index (χ0n) is 18.7. The molecule has 1 N–H and O–H groups in total. The maximum absolute atomic E-state index is 13.2. The van der Waals surface area contributed by atoms with Crippen LogP contribution in [0.4, 0.5) is 11.4 Å². The van der Waals surface area contributed by atoms with E-state index in [1.807, 2.05) is 6.92 Å². The van der Waals surface area contributed by atoms with E-state index >= 15 is 0 Å². The van der Waals surface area contributed by atoms with Gasteiger partial charge in [-0.25, -0.2) is 13.1 Å². The monoisotopic (exact) mass is 478 g/mol. The Morgan fingerprint density at radius 3 is 2.47 bits per heavy atom. The lowest BCUT2D eigenvalue weighted by Crippen LogP contribution is -2.26. The maximum Gasteiger partial charge on any atom is 0.264 e. The molecule has 0 radical (unpaired) electrons. The van der Waals surface area contributed by atoms with E-state index in [9.17, 15) is 13.2 Å². The number of nitrogens with one attached hydrogen (secondary N) is 1. The number of methoxy groups -OCH3 is 1. The lowest BCUT2D eigenvalue weighted by atomic mass is 10.1. The molecule has 1 amide bonds. The highest BCUT2D eigenvalue weighted by Crippen LogP contribution is 2.25. The molecular weight excluding hydrogens is 456 g/mol. The summed E-state index contributed by atoms with van der Waals surface area (Å²) in [4.78, 5) is 12.9.